The number of benzene rings is 1. The predicted molar refractivity (Wildman–Crippen MR) is 97.7 cm³/mol. The van der Waals surface area contributed by atoms with Gasteiger partial charge in [0.25, 0.3) is 0 Å². The van der Waals surface area contributed by atoms with Crippen LogP contribution in [-0.2, 0) is 0 Å². The van der Waals surface area contributed by atoms with Gasteiger partial charge in [-0.25, -0.2) is 4.98 Å². The van der Waals surface area contributed by atoms with Gasteiger partial charge < -0.3 is 16.2 Å². The summed E-state index contributed by atoms with van der Waals surface area (Å²) in [4.78, 5) is 4.43. The van der Waals surface area contributed by atoms with Crippen LogP contribution in [0.15, 0.2) is 30.3 Å². The van der Waals surface area contributed by atoms with Crippen molar-refractivity contribution in [2.75, 3.05) is 12.8 Å². The fraction of sp³-hybridized carbons (Fsp3) is 0.350. The highest BCUT2D eigenvalue weighted by molar-refractivity contribution is 5.71. The number of para-hydroxylation sites is 1. The number of anilines is 1. The number of phenols is 1. The molecule has 1 aromatic heterocycles. The maximum absolute atomic E-state index is 10.1. The van der Waals surface area contributed by atoms with Crippen molar-refractivity contribution >= 4 is 5.82 Å². The average molecular weight is 321 g/mol. The third-order valence-corrected chi connectivity index (χ3v) is 4.92. The van der Waals surface area contributed by atoms with Crippen molar-refractivity contribution in [3.63, 3.8) is 0 Å². The molecule has 2 atom stereocenters. The highest BCUT2D eigenvalue weighted by Gasteiger charge is 2.25. The molecule has 1 fully saturated rings. The Hall–Kier alpha value is -2.51. The molecule has 4 N–H and O–H groups in total. The molecule has 1 aliphatic carbocycles. The first-order chi connectivity index (χ1) is 11.6. The summed E-state index contributed by atoms with van der Waals surface area (Å²) >= 11 is 0. The highest BCUT2D eigenvalue weighted by Crippen LogP contribution is 2.38. The summed E-state index contributed by atoms with van der Waals surface area (Å²) in [6, 6.07) is 9.66. The van der Waals surface area contributed by atoms with Crippen LogP contribution in [0.1, 0.15) is 42.7 Å². The number of aromatic hydroxyl groups is 1. The number of terminal acetylenes is 1. The van der Waals surface area contributed by atoms with Crippen molar-refractivity contribution in [3.8, 4) is 29.4 Å². The molecule has 0 bridgehead atoms. The monoisotopic (exact) mass is 321 g/mol. The van der Waals surface area contributed by atoms with Crippen LogP contribution in [0.25, 0.3) is 11.3 Å². The van der Waals surface area contributed by atoms with E-state index in [0.29, 0.717) is 34.6 Å². The zero-order chi connectivity index (χ0) is 17.1. The summed E-state index contributed by atoms with van der Waals surface area (Å²) < 4.78 is 0. The first kappa shape index (κ1) is 16.4. The van der Waals surface area contributed by atoms with Gasteiger partial charge in [-0.1, -0.05) is 24.5 Å². The Morgan fingerprint density at radius 1 is 1.33 bits per heavy atom. The maximum Gasteiger partial charge on any atom is 0.140 e. The third-order valence-electron chi connectivity index (χ3n) is 4.92. The Balaban J connectivity index is 2.08. The lowest BCUT2D eigenvalue weighted by atomic mass is 9.79. The van der Waals surface area contributed by atoms with Crippen LogP contribution in [0.4, 0.5) is 5.82 Å². The van der Waals surface area contributed by atoms with E-state index < -0.39 is 0 Å². The molecular formula is C20H23N3O. The first-order valence-electron chi connectivity index (χ1n) is 8.36. The number of hydrogen-bond acceptors (Lipinski definition) is 4. The standard InChI is InChI=1S/C20H23N3O/c1-3-15-17(13-7-6-8-14(11-13)22-2)12-18(23-20(15)21)16-9-4-5-10-19(16)24/h1,4-5,9-10,12-14,22,24H,6-8,11H2,2H3,(H2,21,23). The van der Waals surface area contributed by atoms with Gasteiger partial charge >= 0.3 is 0 Å². The van der Waals surface area contributed by atoms with Gasteiger partial charge in [0.05, 0.1) is 11.3 Å². The average Bonchev–Trinajstić information content (AvgIpc) is 2.61. The molecule has 1 aliphatic rings. The van der Waals surface area contributed by atoms with Crippen molar-refractivity contribution in [1.29, 1.82) is 0 Å². The van der Waals surface area contributed by atoms with Crippen molar-refractivity contribution in [2.24, 2.45) is 0 Å². The number of hydrogen-bond donors (Lipinski definition) is 3. The molecular weight excluding hydrogens is 298 g/mol. The lowest BCUT2D eigenvalue weighted by molar-refractivity contribution is 0.355. The summed E-state index contributed by atoms with van der Waals surface area (Å²) in [5, 5.41) is 13.5. The SMILES string of the molecule is C#Cc1c(C2CCCC(NC)C2)cc(-c2ccccc2O)nc1N. The zero-order valence-electron chi connectivity index (χ0n) is 13.9. The van der Waals surface area contributed by atoms with Gasteiger partial charge in [0.1, 0.15) is 11.6 Å². The second kappa shape index (κ2) is 6.94. The molecule has 0 spiro atoms. The number of nitrogens with one attached hydrogen (secondary N) is 1. The number of nitrogens with zero attached hydrogens (tertiary/aromatic N) is 1. The quantitative estimate of drug-likeness (QED) is 0.759. The van der Waals surface area contributed by atoms with E-state index in [1.807, 2.05) is 25.2 Å². The smallest absolute Gasteiger partial charge is 0.140 e. The van der Waals surface area contributed by atoms with Gasteiger partial charge in [0, 0.05) is 11.6 Å². The number of pyridine rings is 1. The van der Waals surface area contributed by atoms with Gasteiger partial charge in [0.15, 0.2) is 0 Å². The van der Waals surface area contributed by atoms with Crippen LogP contribution in [0, 0.1) is 12.3 Å². The minimum absolute atomic E-state index is 0.195. The van der Waals surface area contributed by atoms with E-state index >= 15 is 0 Å². The van der Waals surface area contributed by atoms with Crippen LogP contribution >= 0.6 is 0 Å². The van der Waals surface area contributed by atoms with Gasteiger partial charge in [-0.15, -0.1) is 6.42 Å². The van der Waals surface area contributed by atoms with Gasteiger partial charge in [-0.3, -0.25) is 0 Å². The summed E-state index contributed by atoms with van der Waals surface area (Å²) in [7, 11) is 2.00. The van der Waals surface area contributed by atoms with Crippen molar-refractivity contribution < 1.29 is 5.11 Å². The second-order valence-electron chi connectivity index (χ2n) is 6.37. The Morgan fingerprint density at radius 2 is 2.12 bits per heavy atom. The van der Waals surface area contributed by atoms with E-state index in [2.05, 4.69) is 16.2 Å². The van der Waals surface area contributed by atoms with E-state index in [1.165, 1.54) is 6.42 Å². The first-order valence-corrected chi connectivity index (χ1v) is 8.36. The van der Waals surface area contributed by atoms with E-state index in [1.54, 1.807) is 12.1 Å². The van der Waals surface area contributed by atoms with E-state index in [9.17, 15) is 5.11 Å². The van der Waals surface area contributed by atoms with Crippen LogP contribution in [-0.4, -0.2) is 23.2 Å². The molecule has 4 heteroatoms. The van der Waals surface area contributed by atoms with Crippen LogP contribution in [0.3, 0.4) is 0 Å². The Labute approximate surface area is 143 Å². The van der Waals surface area contributed by atoms with Gasteiger partial charge in [0.2, 0.25) is 0 Å². The van der Waals surface area contributed by atoms with Crippen molar-refractivity contribution in [2.45, 2.75) is 37.6 Å². The fourth-order valence-electron chi connectivity index (χ4n) is 3.63. The molecule has 2 aromatic rings. The molecule has 124 valence electrons. The lowest BCUT2D eigenvalue weighted by Crippen LogP contribution is -2.30. The molecule has 1 aromatic carbocycles. The van der Waals surface area contributed by atoms with E-state index in [4.69, 9.17) is 12.2 Å². The maximum atomic E-state index is 10.1. The lowest BCUT2D eigenvalue weighted by Gasteiger charge is -2.30. The third kappa shape index (κ3) is 3.08. The van der Waals surface area contributed by atoms with Crippen LogP contribution in [0.5, 0.6) is 5.75 Å². The number of nitrogens with two attached hydrogens (primary N) is 1. The number of rotatable bonds is 3. The number of phenolic OH excluding ortho intramolecular Hbond substituents is 1. The molecule has 0 aliphatic heterocycles. The Bertz CT molecular complexity index is 779. The molecule has 0 saturated heterocycles. The summed E-state index contributed by atoms with van der Waals surface area (Å²) in [5.41, 5.74) is 9.25. The predicted octanol–water partition coefficient (Wildman–Crippen LogP) is 3.26. The Kier molecular flexibility index (Phi) is 4.73. The van der Waals surface area contributed by atoms with Gasteiger partial charge in [-0.2, -0.15) is 0 Å². The summed E-state index contributed by atoms with van der Waals surface area (Å²) in [6.07, 6.45) is 10.2. The molecule has 24 heavy (non-hydrogen) atoms. The van der Waals surface area contributed by atoms with Gasteiger partial charge in [-0.05, 0) is 56.0 Å². The van der Waals surface area contributed by atoms with E-state index in [-0.39, 0.29) is 5.75 Å². The number of nitrogen functional groups attached to an aromatic ring is 1. The topological polar surface area (TPSA) is 71.2 Å². The normalized spacial score (nSPS) is 20.5. The summed E-state index contributed by atoms with van der Waals surface area (Å²) in [5.74, 6) is 3.63. The van der Waals surface area contributed by atoms with Crippen LogP contribution in [0.2, 0.25) is 0 Å². The zero-order valence-corrected chi connectivity index (χ0v) is 13.9. The minimum atomic E-state index is 0.195. The van der Waals surface area contributed by atoms with Crippen molar-refractivity contribution in [1.82, 2.24) is 10.3 Å². The van der Waals surface area contributed by atoms with Crippen LogP contribution < -0.4 is 11.1 Å². The number of aromatic nitrogens is 1. The fourth-order valence-corrected chi connectivity index (χ4v) is 3.63. The minimum Gasteiger partial charge on any atom is -0.507 e. The molecule has 2 unspecified atom stereocenters. The van der Waals surface area contributed by atoms with E-state index in [0.717, 1.165) is 24.8 Å². The molecule has 1 heterocycles. The highest BCUT2D eigenvalue weighted by atomic mass is 16.3. The molecule has 0 radical (unpaired) electrons. The molecule has 1 saturated carbocycles. The van der Waals surface area contributed by atoms with Crippen molar-refractivity contribution in [3.05, 3.63) is 41.5 Å². The summed E-state index contributed by atoms with van der Waals surface area (Å²) in [6.45, 7) is 0. The molecule has 0 amide bonds. The largest absolute Gasteiger partial charge is 0.507 e. The molecule has 3 rings (SSSR count). The Morgan fingerprint density at radius 3 is 2.83 bits per heavy atom. The second-order valence-corrected chi connectivity index (χ2v) is 6.37. The molecule has 4 nitrogen and oxygen atoms in total.